The van der Waals surface area contributed by atoms with Gasteiger partial charge in [-0.05, 0) is 48.6 Å². The first kappa shape index (κ1) is 15.0. The van der Waals surface area contributed by atoms with Crippen LogP contribution in [0.15, 0.2) is 30.5 Å². The predicted molar refractivity (Wildman–Crippen MR) is 89.2 cm³/mol. The highest BCUT2D eigenvalue weighted by molar-refractivity contribution is 5.96. The van der Waals surface area contributed by atoms with Gasteiger partial charge in [-0.3, -0.25) is 4.79 Å². The van der Waals surface area contributed by atoms with Crippen molar-refractivity contribution in [1.82, 2.24) is 9.47 Å². The summed E-state index contributed by atoms with van der Waals surface area (Å²) in [6, 6.07) is 10.2. The lowest BCUT2D eigenvalue weighted by Gasteiger charge is -2.27. The summed E-state index contributed by atoms with van der Waals surface area (Å²) in [6.07, 6.45) is 5.23. The number of nitriles is 1. The SMILES string of the molecule is N#Cc1ccn(-c2ccc3c(c2)CCC3)c1C(=O)N1CCOCC1. The van der Waals surface area contributed by atoms with Gasteiger partial charge in [0.25, 0.3) is 5.91 Å². The zero-order chi connectivity index (χ0) is 16.5. The molecule has 2 aromatic rings. The Morgan fingerprint density at radius 3 is 2.71 bits per heavy atom. The molecule has 1 aromatic heterocycles. The number of rotatable bonds is 2. The Morgan fingerprint density at radius 2 is 1.92 bits per heavy atom. The predicted octanol–water partition coefficient (Wildman–Crippen LogP) is 2.31. The fraction of sp³-hybridized carbons (Fsp3) is 0.368. The van der Waals surface area contributed by atoms with Gasteiger partial charge in [0.05, 0.1) is 18.8 Å². The molecule has 1 aromatic carbocycles. The van der Waals surface area contributed by atoms with Crippen LogP contribution in [0.2, 0.25) is 0 Å². The molecule has 2 aliphatic rings. The lowest BCUT2D eigenvalue weighted by Crippen LogP contribution is -2.41. The minimum absolute atomic E-state index is 0.0969. The largest absolute Gasteiger partial charge is 0.378 e. The van der Waals surface area contributed by atoms with E-state index in [0.717, 1.165) is 18.5 Å². The Kier molecular flexibility index (Phi) is 3.83. The Labute approximate surface area is 141 Å². The number of ether oxygens (including phenoxy) is 1. The molecule has 1 fully saturated rings. The van der Waals surface area contributed by atoms with Gasteiger partial charge in [0.15, 0.2) is 0 Å². The van der Waals surface area contributed by atoms with Gasteiger partial charge in [0.2, 0.25) is 0 Å². The van der Waals surface area contributed by atoms with Gasteiger partial charge in [-0.1, -0.05) is 6.07 Å². The van der Waals surface area contributed by atoms with E-state index in [-0.39, 0.29) is 5.91 Å². The lowest BCUT2D eigenvalue weighted by molar-refractivity contribution is 0.0297. The molecule has 0 radical (unpaired) electrons. The summed E-state index contributed by atoms with van der Waals surface area (Å²) in [5.74, 6) is -0.0969. The van der Waals surface area contributed by atoms with E-state index < -0.39 is 0 Å². The van der Waals surface area contributed by atoms with E-state index in [1.807, 2.05) is 16.8 Å². The van der Waals surface area contributed by atoms with Crippen molar-refractivity contribution < 1.29 is 9.53 Å². The van der Waals surface area contributed by atoms with Gasteiger partial charge in [0.1, 0.15) is 11.8 Å². The molecule has 24 heavy (non-hydrogen) atoms. The van der Waals surface area contributed by atoms with Gasteiger partial charge in [-0.15, -0.1) is 0 Å². The molecule has 5 heteroatoms. The van der Waals surface area contributed by atoms with Crippen LogP contribution in [-0.2, 0) is 17.6 Å². The van der Waals surface area contributed by atoms with Crippen molar-refractivity contribution in [3.05, 3.63) is 52.8 Å². The highest BCUT2D eigenvalue weighted by Gasteiger charge is 2.25. The number of nitrogens with zero attached hydrogens (tertiary/aromatic N) is 3. The maximum absolute atomic E-state index is 13.0. The van der Waals surface area contributed by atoms with Crippen LogP contribution in [0.5, 0.6) is 0 Å². The number of hydrogen-bond acceptors (Lipinski definition) is 3. The summed E-state index contributed by atoms with van der Waals surface area (Å²) in [5.41, 5.74) is 4.58. The second-order valence-corrected chi connectivity index (χ2v) is 6.27. The second kappa shape index (κ2) is 6.14. The summed E-state index contributed by atoms with van der Waals surface area (Å²) in [7, 11) is 0. The number of aromatic nitrogens is 1. The first-order valence-electron chi connectivity index (χ1n) is 8.38. The second-order valence-electron chi connectivity index (χ2n) is 6.27. The summed E-state index contributed by atoms with van der Waals surface area (Å²) >= 11 is 0. The number of amides is 1. The average molecular weight is 321 g/mol. The van der Waals surface area contributed by atoms with Gasteiger partial charge in [-0.2, -0.15) is 5.26 Å². The number of morpholine rings is 1. The third-order valence-corrected chi connectivity index (χ3v) is 4.87. The van der Waals surface area contributed by atoms with Crippen molar-refractivity contribution in [2.75, 3.05) is 26.3 Å². The fourth-order valence-corrected chi connectivity index (χ4v) is 3.58. The van der Waals surface area contributed by atoms with E-state index in [1.54, 1.807) is 11.0 Å². The zero-order valence-electron chi connectivity index (χ0n) is 13.5. The highest BCUT2D eigenvalue weighted by Crippen LogP contribution is 2.26. The molecule has 1 aliphatic heterocycles. The van der Waals surface area contributed by atoms with E-state index in [0.29, 0.717) is 37.6 Å². The summed E-state index contributed by atoms with van der Waals surface area (Å²) in [4.78, 5) is 14.7. The van der Waals surface area contributed by atoms with E-state index in [9.17, 15) is 10.1 Å². The molecule has 5 nitrogen and oxygen atoms in total. The maximum Gasteiger partial charge on any atom is 0.272 e. The van der Waals surface area contributed by atoms with Gasteiger partial charge in [0, 0.05) is 25.0 Å². The normalized spacial score (nSPS) is 16.7. The van der Waals surface area contributed by atoms with Gasteiger partial charge < -0.3 is 14.2 Å². The van der Waals surface area contributed by atoms with Crippen molar-refractivity contribution in [3.63, 3.8) is 0 Å². The van der Waals surface area contributed by atoms with Crippen molar-refractivity contribution in [1.29, 1.82) is 5.26 Å². The molecule has 4 rings (SSSR count). The standard InChI is InChI=1S/C19H19N3O2/c20-13-16-6-7-22(17-5-4-14-2-1-3-15(14)12-17)18(16)19(23)21-8-10-24-11-9-21/h4-7,12H,1-3,8-11H2. The summed E-state index contributed by atoms with van der Waals surface area (Å²) in [5, 5.41) is 9.42. The van der Waals surface area contributed by atoms with E-state index in [4.69, 9.17) is 4.74 Å². The molecule has 0 N–H and O–H groups in total. The number of hydrogen-bond donors (Lipinski definition) is 0. The molecule has 2 heterocycles. The van der Waals surface area contributed by atoms with Crippen LogP contribution in [0, 0.1) is 11.3 Å². The molecule has 0 saturated carbocycles. The minimum atomic E-state index is -0.0969. The Hall–Kier alpha value is -2.58. The van der Waals surface area contributed by atoms with E-state index >= 15 is 0 Å². The maximum atomic E-state index is 13.0. The third-order valence-electron chi connectivity index (χ3n) is 4.87. The third kappa shape index (κ3) is 2.49. The number of aryl methyl sites for hydroxylation is 2. The molecule has 1 saturated heterocycles. The molecule has 0 bridgehead atoms. The van der Waals surface area contributed by atoms with E-state index in [1.165, 1.54) is 17.5 Å². The summed E-state index contributed by atoms with van der Waals surface area (Å²) < 4.78 is 7.18. The van der Waals surface area contributed by atoms with Crippen LogP contribution in [0.25, 0.3) is 5.69 Å². The van der Waals surface area contributed by atoms with Gasteiger partial charge in [-0.25, -0.2) is 0 Å². The Bertz CT molecular complexity index is 826. The van der Waals surface area contributed by atoms with Crippen molar-refractivity contribution in [2.45, 2.75) is 19.3 Å². The zero-order valence-corrected chi connectivity index (χ0v) is 13.5. The molecule has 1 amide bonds. The van der Waals surface area contributed by atoms with Crippen LogP contribution in [0.4, 0.5) is 0 Å². The number of fused-ring (bicyclic) bond motifs is 1. The molecule has 0 unspecified atom stereocenters. The van der Waals surface area contributed by atoms with Crippen LogP contribution < -0.4 is 0 Å². The average Bonchev–Trinajstić information content (AvgIpc) is 3.27. The first-order valence-corrected chi connectivity index (χ1v) is 8.38. The molecule has 0 atom stereocenters. The van der Waals surface area contributed by atoms with Crippen LogP contribution in [0.3, 0.4) is 0 Å². The first-order chi connectivity index (χ1) is 11.8. The van der Waals surface area contributed by atoms with Gasteiger partial charge >= 0.3 is 0 Å². The molecular weight excluding hydrogens is 302 g/mol. The Balaban J connectivity index is 1.75. The number of benzene rings is 1. The molecule has 122 valence electrons. The quantitative estimate of drug-likeness (QED) is 0.853. The molecule has 0 spiro atoms. The van der Waals surface area contributed by atoms with Crippen molar-refractivity contribution in [3.8, 4) is 11.8 Å². The number of carbonyl (C=O) groups excluding carboxylic acids is 1. The van der Waals surface area contributed by atoms with Crippen LogP contribution in [-0.4, -0.2) is 41.7 Å². The van der Waals surface area contributed by atoms with Crippen LogP contribution in [0.1, 0.15) is 33.6 Å². The minimum Gasteiger partial charge on any atom is -0.378 e. The Morgan fingerprint density at radius 1 is 1.12 bits per heavy atom. The summed E-state index contributed by atoms with van der Waals surface area (Å²) in [6.45, 7) is 2.23. The highest BCUT2D eigenvalue weighted by atomic mass is 16.5. The monoisotopic (exact) mass is 321 g/mol. The molecular formula is C19H19N3O2. The smallest absolute Gasteiger partial charge is 0.272 e. The number of carbonyl (C=O) groups is 1. The van der Waals surface area contributed by atoms with E-state index in [2.05, 4.69) is 18.2 Å². The lowest BCUT2D eigenvalue weighted by atomic mass is 10.1. The van der Waals surface area contributed by atoms with Crippen LogP contribution >= 0.6 is 0 Å². The fourth-order valence-electron chi connectivity index (χ4n) is 3.58. The molecule has 1 aliphatic carbocycles. The van der Waals surface area contributed by atoms with Crippen molar-refractivity contribution >= 4 is 5.91 Å². The topological polar surface area (TPSA) is 58.3 Å². The van der Waals surface area contributed by atoms with Crippen molar-refractivity contribution in [2.24, 2.45) is 0 Å².